The van der Waals surface area contributed by atoms with Crippen molar-refractivity contribution in [3.05, 3.63) is 17.3 Å². The van der Waals surface area contributed by atoms with Crippen LogP contribution in [0.5, 0.6) is 5.75 Å². The average molecular weight is 253 g/mol. The summed E-state index contributed by atoms with van der Waals surface area (Å²) in [6, 6.07) is 1.72. The van der Waals surface area contributed by atoms with Crippen LogP contribution < -0.4 is 10.5 Å². The van der Waals surface area contributed by atoms with Crippen LogP contribution in [0.3, 0.4) is 0 Å². The Hall–Kier alpha value is -1.67. The van der Waals surface area contributed by atoms with Crippen molar-refractivity contribution in [2.24, 2.45) is 0 Å². The molecule has 1 atom stereocenters. The van der Waals surface area contributed by atoms with Crippen LogP contribution in [-0.4, -0.2) is 29.1 Å². The molecule has 90 valence electrons. The maximum absolute atomic E-state index is 8.90. The van der Waals surface area contributed by atoms with Crippen molar-refractivity contribution in [2.45, 2.75) is 18.9 Å². The Morgan fingerprint density at radius 1 is 1.71 bits per heavy atom. The van der Waals surface area contributed by atoms with Gasteiger partial charge < -0.3 is 15.4 Å². The van der Waals surface area contributed by atoms with Gasteiger partial charge in [0.2, 0.25) is 0 Å². The highest BCUT2D eigenvalue weighted by Gasteiger charge is 2.24. The van der Waals surface area contributed by atoms with Crippen molar-refractivity contribution in [3.63, 3.8) is 0 Å². The van der Waals surface area contributed by atoms with E-state index in [0.29, 0.717) is 23.2 Å². The number of hydrogen-bond donors (Lipinski definition) is 1. The minimum Gasteiger partial charge on any atom is -0.490 e. The van der Waals surface area contributed by atoms with Crippen molar-refractivity contribution in [3.8, 4) is 11.9 Å². The third-order valence-electron chi connectivity index (χ3n) is 2.78. The molecule has 2 rings (SSSR count). The molecular weight excluding hydrogens is 240 g/mol. The Morgan fingerprint density at radius 3 is 3.29 bits per heavy atom. The molecule has 0 aliphatic carbocycles. The minimum absolute atomic E-state index is 0.130. The molecule has 1 fully saturated rings. The van der Waals surface area contributed by atoms with Crippen LogP contribution in [0.25, 0.3) is 0 Å². The van der Waals surface area contributed by atoms with Crippen LogP contribution in [0.15, 0.2) is 12.3 Å². The van der Waals surface area contributed by atoms with Gasteiger partial charge >= 0.3 is 0 Å². The first kappa shape index (κ1) is 11.8. The Morgan fingerprint density at radius 2 is 2.53 bits per heavy atom. The molecule has 0 spiro atoms. The largest absolute Gasteiger partial charge is 0.490 e. The van der Waals surface area contributed by atoms with Gasteiger partial charge in [0, 0.05) is 12.6 Å². The number of aromatic nitrogens is 1. The Balaban J connectivity index is 1.98. The zero-order valence-electron chi connectivity index (χ0n) is 9.27. The second kappa shape index (κ2) is 5.11. The van der Waals surface area contributed by atoms with Crippen molar-refractivity contribution in [1.29, 1.82) is 5.26 Å². The van der Waals surface area contributed by atoms with Crippen molar-refractivity contribution >= 4 is 17.4 Å². The summed E-state index contributed by atoms with van der Waals surface area (Å²) >= 11 is 5.93. The van der Waals surface area contributed by atoms with Crippen molar-refractivity contribution in [2.75, 3.05) is 18.9 Å². The van der Waals surface area contributed by atoms with Gasteiger partial charge in [-0.25, -0.2) is 4.98 Å². The van der Waals surface area contributed by atoms with E-state index in [1.807, 2.05) is 0 Å². The molecule has 0 saturated carbocycles. The summed E-state index contributed by atoms with van der Waals surface area (Å²) in [6.45, 7) is 1.24. The van der Waals surface area contributed by atoms with Crippen molar-refractivity contribution in [1.82, 2.24) is 9.88 Å². The van der Waals surface area contributed by atoms with Gasteiger partial charge in [0.15, 0.2) is 6.19 Å². The number of nitrogens with two attached hydrogens (primary N) is 1. The predicted octanol–water partition coefficient (Wildman–Crippen LogP) is 1.64. The molecule has 6 heteroatoms. The fourth-order valence-corrected chi connectivity index (χ4v) is 2.03. The van der Waals surface area contributed by atoms with Crippen LogP contribution in [0.1, 0.15) is 12.8 Å². The Kier molecular flexibility index (Phi) is 3.55. The molecule has 1 aliphatic rings. The lowest BCUT2D eigenvalue weighted by atomic mass is 10.2. The number of anilines is 1. The van der Waals surface area contributed by atoms with E-state index < -0.39 is 0 Å². The first-order valence-electron chi connectivity index (χ1n) is 5.41. The first-order valence-corrected chi connectivity index (χ1v) is 5.78. The van der Waals surface area contributed by atoms with Crippen LogP contribution >= 0.6 is 11.6 Å². The molecular formula is C11H13ClN4O. The Bertz CT molecular complexity index is 446. The average Bonchev–Trinajstić information content (AvgIpc) is 2.77. The van der Waals surface area contributed by atoms with E-state index >= 15 is 0 Å². The molecule has 1 aliphatic heterocycles. The molecule has 2 N–H and O–H groups in total. The zero-order valence-corrected chi connectivity index (χ0v) is 10.0. The lowest BCUT2D eigenvalue weighted by Gasteiger charge is -2.19. The Labute approximate surface area is 105 Å². The summed E-state index contributed by atoms with van der Waals surface area (Å²) in [6.07, 6.45) is 5.61. The molecule has 0 amide bonds. The number of pyridine rings is 1. The molecule has 2 heterocycles. The number of nitrogen functional groups attached to an aromatic ring is 1. The highest BCUT2D eigenvalue weighted by Crippen LogP contribution is 2.26. The van der Waals surface area contributed by atoms with Gasteiger partial charge in [0.1, 0.15) is 23.2 Å². The predicted molar refractivity (Wildman–Crippen MR) is 64.5 cm³/mol. The zero-order chi connectivity index (χ0) is 12.3. The van der Waals surface area contributed by atoms with Crippen molar-refractivity contribution < 1.29 is 4.74 Å². The second-order valence-corrected chi connectivity index (χ2v) is 4.35. The standard InChI is InChI=1S/C11H13ClN4O/c12-9-5-15-11(14)4-10(9)17-6-8-2-1-3-16(8)7-13/h4-5,8H,1-3,6H2,(H2,14,15)/t8-/m0/s1. The molecule has 0 unspecified atom stereocenters. The van der Waals surface area contributed by atoms with Gasteiger partial charge in [0.05, 0.1) is 12.2 Å². The first-order chi connectivity index (χ1) is 8.20. The molecule has 0 bridgehead atoms. The molecule has 17 heavy (non-hydrogen) atoms. The number of likely N-dealkylation sites (tertiary alicyclic amines) is 1. The van der Waals surface area contributed by atoms with E-state index in [4.69, 9.17) is 27.3 Å². The lowest BCUT2D eigenvalue weighted by Crippen LogP contribution is -2.30. The van der Waals surface area contributed by atoms with E-state index in [-0.39, 0.29) is 6.04 Å². The number of halogens is 1. The maximum Gasteiger partial charge on any atom is 0.179 e. The quantitative estimate of drug-likeness (QED) is 0.828. The van der Waals surface area contributed by atoms with Crippen LogP contribution in [0, 0.1) is 11.5 Å². The van der Waals surface area contributed by atoms with E-state index in [1.165, 1.54) is 6.20 Å². The third kappa shape index (κ3) is 2.71. The number of nitrogens with zero attached hydrogens (tertiary/aromatic N) is 3. The topological polar surface area (TPSA) is 75.2 Å². The van der Waals surface area contributed by atoms with Gasteiger partial charge in [-0.05, 0) is 12.8 Å². The summed E-state index contributed by atoms with van der Waals surface area (Å²) in [5, 5.41) is 9.33. The molecule has 0 radical (unpaired) electrons. The molecule has 1 aromatic heterocycles. The molecule has 5 nitrogen and oxygen atoms in total. The lowest BCUT2D eigenvalue weighted by molar-refractivity contribution is 0.219. The van der Waals surface area contributed by atoms with Crippen LogP contribution in [0.4, 0.5) is 5.82 Å². The summed E-state index contributed by atoms with van der Waals surface area (Å²) < 4.78 is 5.59. The number of rotatable bonds is 3. The molecule has 1 saturated heterocycles. The highest BCUT2D eigenvalue weighted by atomic mass is 35.5. The van der Waals surface area contributed by atoms with Gasteiger partial charge in [-0.3, -0.25) is 0 Å². The number of hydrogen-bond acceptors (Lipinski definition) is 5. The summed E-state index contributed by atoms with van der Waals surface area (Å²) in [7, 11) is 0. The summed E-state index contributed by atoms with van der Waals surface area (Å²) in [5.41, 5.74) is 5.55. The van der Waals surface area contributed by atoms with Gasteiger partial charge in [-0.15, -0.1) is 0 Å². The normalized spacial score (nSPS) is 19.1. The fraction of sp³-hybridized carbons (Fsp3) is 0.455. The van der Waals surface area contributed by atoms with Gasteiger partial charge in [0.25, 0.3) is 0 Å². The van der Waals surface area contributed by atoms with Crippen LogP contribution in [0.2, 0.25) is 5.02 Å². The van der Waals surface area contributed by atoms with E-state index in [0.717, 1.165) is 19.4 Å². The van der Waals surface area contributed by atoms with E-state index in [9.17, 15) is 0 Å². The second-order valence-electron chi connectivity index (χ2n) is 3.94. The molecule has 0 aromatic carbocycles. The third-order valence-corrected chi connectivity index (χ3v) is 3.06. The monoisotopic (exact) mass is 252 g/mol. The maximum atomic E-state index is 8.90. The SMILES string of the molecule is N#CN1CCC[C@H]1COc1cc(N)ncc1Cl. The highest BCUT2D eigenvalue weighted by molar-refractivity contribution is 6.31. The van der Waals surface area contributed by atoms with E-state index in [1.54, 1.807) is 11.0 Å². The molecule has 1 aromatic rings. The number of nitriles is 1. The fourth-order valence-electron chi connectivity index (χ4n) is 1.87. The minimum atomic E-state index is 0.130. The smallest absolute Gasteiger partial charge is 0.179 e. The van der Waals surface area contributed by atoms with Crippen LogP contribution in [-0.2, 0) is 0 Å². The van der Waals surface area contributed by atoms with Gasteiger partial charge in [-0.1, -0.05) is 11.6 Å². The van der Waals surface area contributed by atoms with E-state index in [2.05, 4.69) is 11.2 Å². The summed E-state index contributed by atoms with van der Waals surface area (Å²) in [4.78, 5) is 5.59. The van der Waals surface area contributed by atoms with Gasteiger partial charge in [-0.2, -0.15) is 5.26 Å². The summed E-state index contributed by atoms with van der Waals surface area (Å²) in [5.74, 6) is 0.886. The number of ether oxygens (including phenoxy) is 1.